The number of anilines is 1. The molecule has 0 bridgehead atoms. The average Bonchev–Trinajstić information content (AvgIpc) is 0.760. The molecule has 0 aromatic heterocycles. The topological polar surface area (TPSA) is 854 Å². The molecular weight excluding hydrogens is 2000 g/mol. The van der Waals surface area contributed by atoms with Crippen molar-refractivity contribution < 1.29 is 252 Å². The number of piperidine rings is 1. The molecule has 0 saturated carbocycles. The third-order valence-electron chi connectivity index (χ3n) is 22.0. The molecule has 11 aromatic rings. The van der Waals surface area contributed by atoms with Gasteiger partial charge in [-0.2, -0.15) is 0 Å². The van der Waals surface area contributed by atoms with Crippen LogP contribution in [0, 0.1) is 0 Å². The Morgan fingerprint density at radius 3 is 0.846 bits per heavy atom. The molecule has 25 N–H and O–H groups in total. The standard InChI is InChI=1S/C76H52O46.C20H28N2O5/c77-32-1-22(2-33(78)53(32)92)67(103)113-47-16-27(11-42(87)58(47)97)66(102)112-21-52-63(119-72(108)28-12-43(88)59(98)48(17-28)114-68(104)23-3-34(79)54(93)35(80)4-23)64(120-73(109)29-13-44(89)60(99)49(18-29)115-69(105)24-5-36(81)55(94)37(82)6-24)65(121-74(110)30-14-45(90)61(100)50(19-30)116-70(106)25-7-38(83)56(95)39(84)8-25)76(118-52)122-75(111)31-15-46(91)62(101)51(20-31)117-71(107)26-9-40(85)57(96)41(86)10-26;1-4-17(23)22(16-8-6-5-7-9-16)20(19(25)27-3)11-14-21(15-12-20)13-10-18(24)26-2/h1-20,52,63-65,76-101H,21H2;5-9H,4,10-15H2,1-3H3/t52-,63-,64+,65-,76+;/m1./s1. The first-order chi connectivity index (χ1) is 70.3. The van der Waals surface area contributed by atoms with Gasteiger partial charge in [0.25, 0.3) is 0 Å². The summed E-state index contributed by atoms with van der Waals surface area (Å²) < 4.78 is 70.2. The van der Waals surface area contributed by atoms with Gasteiger partial charge in [0.2, 0.25) is 47.0 Å². The molecular formula is C96H80N2O51. The molecule has 5 atom stereocenters. The molecule has 0 radical (unpaired) electrons. The molecule has 2 fully saturated rings. The molecule has 1 amide bonds. The van der Waals surface area contributed by atoms with Crippen molar-refractivity contribution in [3.8, 4) is 172 Å². The van der Waals surface area contributed by atoms with Gasteiger partial charge in [-0.1, -0.05) is 25.1 Å². The number of carbonyl (C=O) groups excluding carboxylic acids is 13. The molecule has 11 aromatic carbocycles. The Morgan fingerprint density at radius 2 is 0.570 bits per heavy atom. The number of methoxy groups -OCH3 is 2. The number of aromatic hydroxyl groups is 25. The fraction of sp³-hybridized carbons (Fsp3) is 0.177. The van der Waals surface area contributed by atoms with E-state index in [0.29, 0.717) is 172 Å². The lowest BCUT2D eigenvalue weighted by molar-refractivity contribution is -0.282. The highest BCUT2D eigenvalue weighted by molar-refractivity contribution is 6.04. The van der Waals surface area contributed by atoms with Gasteiger partial charge in [0.05, 0.1) is 76.3 Å². The van der Waals surface area contributed by atoms with Gasteiger partial charge in [0.1, 0.15) is 18.2 Å². The largest absolute Gasteiger partial charge is 0.504 e. The van der Waals surface area contributed by atoms with Crippen molar-refractivity contribution in [1.29, 1.82) is 0 Å². The fourth-order valence-corrected chi connectivity index (χ4v) is 14.4. The van der Waals surface area contributed by atoms with E-state index in [4.69, 9.17) is 56.8 Å². The highest BCUT2D eigenvalue weighted by Gasteiger charge is 2.56. The Hall–Kier alpha value is -20.5. The van der Waals surface area contributed by atoms with Crippen molar-refractivity contribution in [2.24, 2.45) is 0 Å². The van der Waals surface area contributed by atoms with Crippen LogP contribution in [-0.2, 0) is 52.3 Å². The maximum absolute atomic E-state index is 15.3. The van der Waals surface area contributed by atoms with Gasteiger partial charge in [-0.15, -0.1) is 0 Å². The first-order valence-corrected chi connectivity index (χ1v) is 42.4. The third-order valence-corrected chi connectivity index (χ3v) is 22.0. The SMILES string of the molecule is CCC(=O)N(c1ccccc1)C1(C(=O)OC)CCN(CCC(=O)OC)CC1.O=C(OC[C@H]1O[C@@H](OC(=O)c2cc(O)c(O)c(OC(=O)c3cc(O)c(O)c(O)c3)c2)[C@H](OC(=O)c2cc(O)c(O)c(OC(=O)c3cc(O)c(O)c(O)c3)c2)[C@@H](OC(=O)c2cc(O)c(O)c(OC(=O)c3cc(O)c(O)c(O)c3)c2)[C@@H]1OC(=O)c1cc(O)c(O)c(OC(=O)c2cc(O)c(O)c(O)c2)c1)c1cc(O)c(O)c(OC(=O)c2cc(O)c(O)c(O)c2)c1. The summed E-state index contributed by atoms with van der Waals surface area (Å²) in [5, 5.41) is 261. The van der Waals surface area contributed by atoms with Crippen LogP contribution in [0.4, 0.5) is 5.69 Å². The van der Waals surface area contributed by atoms with Crippen molar-refractivity contribution in [3.63, 3.8) is 0 Å². The Morgan fingerprint density at radius 1 is 0.315 bits per heavy atom. The summed E-state index contributed by atoms with van der Waals surface area (Å²) in [5.74, 6) is -56.7. The molecule has 53 heteroatoms. The van der Waals surface area contributed by atoms with Crippen LogP contribution < -0.4 is 28.6 Å². The van der Waals surface area contributed by atoms with E-state index in [-0.39, 0.29) is 11.9 Å². The predicted molar refractivity (Wildman–Crippen MR) is 484 cm³/mol. The number of carbonyl (C=O) groups is 13. The van der Waals surface area contributed by atoms with Crippen LogP contribution in [0.2, 0.25) is 0 Å². The second kappa shape index (κ2) is 44.3. The number of hydrogen-bond acceptors (Lipinski definition) is 52. The minimum atomic E-state index is -3.12. The van der Waals surface area contributed by atoms with Crippen molar-refractivity contribution >= 4 is 83.2 Å². The van der Waals surface area contributed by atoms with E-state index in [1.54, 1.807) is 11.8 Å². The summed E-state index contributed by atoms with van der Waals surface area (Å²) >= 11 is 0. The van der Waals surface area contributed by atoms with E-state index in [1.165, 1.54) is 14.2 Å². The molecule has 2 saturated heterocycles. The summed E-state index contributed by atoms with van der Waals surface area (Å²) in [7, 11) is 2.72. The van der Waals surface area contributed by atoms with Gasteiger partial charge in [-0.3, -0.25) is 14.5 Å². The normalized spacial score (nSPS) is 15.0. The fourth-order valence-electron chi connectivity index (χ4n) is 14.4. The number of phenols is 25. The van der Waals surface area contributed by atoms with E-state index in [1.807, 2.05) is 30.3 Å². The molecule has 2 aliphatic rings. The van der Waals surface area contributed by atoms with Gasteiger partial charge in [-0.25, -0.2) is 52.7 Å². The zero-order valence-corrected chi connectivity index (χ0v) is 76.2. The second-order valence-corrected chi connectivity index (χ2v) is 31.7. The summed E-state index contributed by atoms with van der Waals surface area (Å²) in [4.78, 5) is 183. The minimum absolute atomic E-state index is 0.116. The van der Waals surface area contributed by atoms with Crippen LogP contribution in [0.3, 0.4) is 0 Å². The Bertz CT molecular complexity index is 7110. The van der Waals surface area contributed by atoms with Crippen LogP contribution in [0.25, 0.3) is 0 Å². The van der Waals surface area contributed by atoms with Crippen LogP contribution in [0.15, 0.2) is 152 Å². The van der Waals surface area contributed by atoms with Crippen LogP contribution in [-0.4, -0.2) is 287 Å². The Labute approximate surface area is 830 Å². The molecule has 0 spiro atoms. The number of phenolic OH excluding ortho intramolecular Hbond substituents is 25. The molecule has 0 unspecified atom stereocenters. The summed E-state index contributed by atoms with van der Waals surface area (Å²) in [6.07, 6.45) is -13.6. The number of rotatable bonds is 28. The van der Waals surface area contributed by atoms with Crippen molar-refractivity contribution in [2.75, 3.05) is 45.4 Å². The number of benzene rings is 11. The Balaban J connectivity index is 0.000000630. The maximum atomic E-state index is 15.3. The minimum Gasteiger partial charge on any atom is -0.504 e. The quantitative estimate of drug-likeness (QED) is 0.0103. The summed E-state index contributed by atoms with van der Waals surface area (Å²) in [6.45, 7) is 1.82. The molecule has 2 heterocycles. The number of para-hydroxylation sites is 1. The maximum Gasteiger partial charge on any atom is 0.343 e. The summed E-state index contributed by atoms with van der Waals surface area (Å²) in [5.41, 5.74) is -10.2. The highest BCUT2D eigenvalue weighted by atomic mass is 16.8. The van der Waals surface area contributed by atoms with E-state index >= 15 is 14.4 Å². The number of esters is 12. The van der Waals surface area contributed by atoms with Crippen LogP contribution in [0.1, 0.15) is 136 Å². The second-order valence-electron chi connectivity index (χ2n) is 31.7. The lowest BCUT2D eigenvalue weighted by Crippen LogP contribution is -2.63. The first kappa shape index (κ1) is 107. The number of likely N-dealkylation sites (tertiary alicyclic amines) is 1. The third kappa shape index (κ3) is 23.6. The number of hydrogen-bond donors (Lipinski definition) is 25. The number of nitrogens with zero attached hydrogens (tertiary/aromatic N) is 2. The zero-order chi connectivity index (χ0) is 109. The number of ether oxygens (including phenoxy) is 13. The van der Waals surface area contributed by atoms with Crippen molar-refractivity contribution in [2.45, 2.75) is 68.9 Å². The molecule has 13 rings (SSSR count). The van der Waals surface area contributed by atoms with E-state index in [9.17, 15) is 176 Å². The van der Waals surface area contributed by atoms with Gasteiger partial charge in [0.15, 0.2) is 156 Å². The molecule has 149 heavy (non-hydrogen) atoms. The smallest absolute Gasteiger partial charge is 0.343 e. The van der Waals surface area contributed by atoms with Gasteiger partial charge in [0, 0.05) is 31.7 Å². The van der Waals surface area contributed by atoms with Crippen LogP contribution in [0.5, 0.6) is 172 Å². The highest BCUT2D eigenvalue weighted by Crippen LogP contribution is 2.49. The zero-order valence-electron chi connectivity index (χ0n) is 76.2. The predicted octanol–water partition coefficient (Wildman–Crippen LogP) is 6.84. The average molecular weight is 2080 g/mol. The van der Waals surface area contributed by atoms with Gasteiger partial charge < -0.3 is 194 Å². The van der Waals surface area contributed by atoms with E-state index in [2.05, 4.69) is 9.64 Å². The van der Waals surface area contributed by atoms with Crippen LogP contribution >= 0.6 is 0 Å². The molecule has 780 valence electrons. The summed E-state index contributed by atoms with van der Waals surface area (Å²) in [6, 6.07) is 17.8. The number of amides is 1. The molecule has 0 aliphatic carbocycles. The van der Waals surface area contributed by atoms with E-state index < -0.39 is 337 Å². The lowest BCUT2D eigenvalue weighted by atomic mass is 9.84. The van der Waals surface area contributed by atoms with E-state index in [0.717, 1.165) is 0 Å². The first-order valence-electron chi connectivity index (χ1n) is 42.4. The lowest BCUT2D eigenvalue weighted by Gasteiger charge is -2.46. The van der Waals surface area contributed by atoms with Crippen molar-refractivity contribution in [3.05, 3.63) is 207 Å². The Kier molecular flexibility index (Phi) is 31.9. The molecule has 53 nitrogen and oxygen atoms in total. The van der Waals surface area contributed by atoms with Crippen molar-refractivity contribution in [1.82, 2.24) is 4.90 Å². The van der Waals surface area contributed by atoms with Gasteiger partial charge >= 0.3 is 71.6 Å². The van der Waals surface area contributed by atoms with Gasteiger partial charge in [-0.05, 0) is 146 Å². The molecule has 2 aliphatic heterocycles. The monoisotopic (exact) mass is 2080 g/mol.